The topological polar surface area (TPSA) is 91.3 Å². The number of carbonyl (C=O) groups excluding carboxylic acids is 2. The van der Waals surface area contributed by atoms with E-state index < -0.39 is 44.7 Å². The lowest BCUT2D eigenvalue weighted by atomic mass is 10.0. The van der Waals surface area contributed by atoms with Crippen LogP contribution in [0.3, 0.4) is 0 Å². The first kappa shape index (κ1) is 33.0. The van der Waals surface area contributed by atoms with E-state index in [1.54, 1.807) is 23.5 Å². The number of hydrogen-bond donors (Lipinski definition) is 1. The number of esters is 2. The van der Waals surface area contributed by atoms with E-state index in [4.69, 9.17) is 18.6 Å². The molecule has 206 valence electrons. The van der Waals surface area contributed by atoms with E-state index in [9.17, 15) is 14.7 Å². The van der Waals surface area contributed by atoms with E-state index in [2.05, 4.69) is 20.8 Å². The van der Waals surface area contributed by atoms with E-state index in [1.165, 1.54) is 14.0 Å². The molecule has 0 spiro atoms. The Labute approximate surface area is 226 Å². The third-order valence-corrected chi connectivity index (χ3v) is 13.3. The first-order valence-electron chi connectivity index (χ1n) is 12.3. The molecule has 10 heteroatoms. The van der Waals surface area contributed by atoms with Crippen LogP contribution >= 0.6 is 23.5 Å². The number of benzene rings is 1. The Bertz CT molecular complexity index is 795. The summed E-state index contributed by atoms with van der Waals surface area (Å²) in [5, 5.41) is 11.5. The lowest BCUT2D eigenvalue weighted by Gasteiger charge is -2.42. The third kappa shape index (κ3) is 10.0. The van der Waals surface area contributed by atoms with E-state index in [0.717, 1.165) is 17.1 Å². The molecule has 1 aromatic carbocycles. The van der Waals surface area contributed by atoms with Gasteiger partial charge in [0, 0.05) is 6.92 Å². The molecule has 1 rings (SSSR count). The Morgan fingerprint density at radius 1 is 1.03 bits per heavy atom. The molecular formula is C26H44O7S2Si. The van der Waals surface area contributed by atoms with Crippen molar-refractivity contribution in [2.45, 2.75) is 95.3 Å². The molecule has 0 saturated heterocycles. The molecule has 0 unspecified atom stereocenters. The Hall–Kier alpha value is -1.04. The number of hydrogen-bond acceptors (Lipinski definition) is 9. The second kappa shape index (κ2) is 15.4. The third-order valence-electron chi connectivity index (χ3n) is 6.15. The molecule has 0 heterocycles. The van der Waals surface area contributed by atoms with Gasteiger partial charge in [0.25, 0.3) is 0 Å². The van der Waals surface area contributed by atoms with Crippen LogP contribution in [0.1, 0.15) is 47.1 Å². The van der Waals surface area contributed by atoms with Crippen LogP contribution in [0.25, 0.3) is 0 Å². The summed E-state index contributed by atoms with van der Waals surface area (Å²) in [6, 6.07) is 9.52. The van der Waals surface area contributed by atoms with Gasteiger partial charge in [0.1, 0.15) is 12.2 Å². The molecule has 0 saturated carbocycles. The number of carbonyl (C=O) groups is 2. The van der Waals surface area contributed by atoms with Gasteiger partial charge in [0.05, 0.1) is 18.3 Å². The molecule has 0 amide bonds. The molecule has 4 atom stereocenters. The predicted molar refractivity (Wildman–Crippen MR) is 151 cm³/mol. The molecule has 0 radical (unpaired) electrons. The minimum atomic E-state index is -2.50. The van der Waals surface area contributed by atoms with E-state index in [-0.39, 0.29) is 16.2 Å². The summed E-state index contributed by atoms with van der Waals surface area (Å²) in [5.74, 6) is 0.374. The standard InChI is InChI=1S/C26H44O7S2Si/c1-10-34-25(35-11-2)23(32-18(3)27)21(31-17-19-15-13-12-14-16-19)20(28)22(24(29)30-7)33-36(8,9)26(4,5)6/h12-16,20-23,25,28H,10-11,17H2,1-9H3/t20-,21-,22+,23+/m0/s1. The Kier molecular flexibility index (Phi) is 14.1. The molecule has 0 bridgehead atoms. The number of rotatable bonds is 15. The second-order valence-corrected chi connectivity index (χ2v) is 17.8. The van der Waals surface area contributed by atoms with Crippen molar-refractivity contribution in [2.24, 2.45) is 0 Å². The summed E-state index contributed by atoms with van der Waals surface area (Å²) >= 11 is 3.22. The molecule has 0 aliphatic heterocycles. The normalized spacial score (nSPS) is 15.8. The van der Waals surface area contributed by atoms with E-state index in [1.807, 2.05) is 57.3 Å². The molecule has 1 aromatic rings. The van der Waals surface area contributed by atoms with Crippen LogP contribution in [-0.4, -0.2) is 73.0 Å². The van der Waals surface area contributed by atoms with Crippen molar-refractivity contribution in [3.8, 4) is 0 Å². The largest absolute Gasteiger partial charge is 0.467 e. The van der Waals surface area contributed by atoms with Gasteiger partial charge in [0.15, 0.2) is 20.5 Å². The zero-order valence-corrected chi connectivity index (χ0v) is 25.7. The van der Waals surface area contributed by atoms with Gasteiger partial charge in [-0.2, -0.15) is 0 Å². The van der Waals surface area contributed by atoms with E-state index >= 15 is 0 Å². The highest BCUT2D eigenvalue weighted by Gasteiger charge is 2.48. The SMILES string of the molecule is CCSC(SCC)[C@H](OC(C)=O)[C@@H](OCc1ccccc1)[C@H](O)[C@@H](O[Si](C)(C)C(C)(C)C)C(=O)OC. The van der Waals surface area contributed by atoms with Gasteiger partial charge in [-0.1, -0.05) is 65.0 Å². The van der Waals surface area contributed by atoms with Crippen molar-refractivity contribution in [1.82, 2.24) is 0 Å². The minimum Gasteiger partial charge on any atom is -0.467 e. The van der Waals surface area contributed by atoms with Gasteiger partial charge in [-0.15, -0.1) is 23.5 Å². The monoisotopic (exact) mass is 560 g/mol. The predicted octanol–water partition coefficient (Wildman–Crippen LogP) is 5.26. The van der Waals surface area contributed by atoms with Crippen LogP contribution in [-0.2, 0) is 34.8 Å². The summed E-state index contributed by atoms with van der Waals surface area (Å²) < 4.78 is 23.3. The maximum absolute atomic E-state index is 12.9. The Morgan fingerprint density at radius 2 is 1.58 bits per heavy atom. The molecule has 36 heavy (non-hydrogen) atoms. The number of methoxy groups -OCH3 is 1. The highest BCUT2D eigenvalue weighted by Crippen LogP contribution is 2.39. The van der Waals surface area contributed by atoms with Crippen molar-refractivity contribution in [3.05, 3.63) is 35.9 Å². The number of aliphatic hydroxyl groups is 1. The van der Waals surface area contributed by atoms with Crippen molar-refractivity contribution >= 4 is 43.8 Å². The van der Waals surface area contributed by atoms with Crippen molar-refractivity contribution in [3.63, 3.8) is 0 Å². The first-order valence-corrected chi connectivity index (χ1v) is 17.3. The smallest absolute Gasteiger partial charge is 0.336 e. The van der Waals surface area contributed by atoms with Crippen molar-refractivity contribution < 1.29 is 33.3 Å². The van der Waals surface area contributed by atoms with Gasteiger partial charge in [-0.05, 0) is 35.2 Å². The molecule has 0 aromatic heterocycles. The zero-order valence-electron chi connectivity index (χ0n) is 23.1. The fourth-order valence-electron chi connectivity index (χ4n) is 3.23. The lowest BCUT2D eigenvalue weighted by Crippen LogP contribution is -2.57. The zero-order chi connectivity index (χ0) is 27.5. The summed E-state index contributed by atoms with van der Waals surface area (Å²) in [6.07, 6.45) is -4.59. The Balaban J connectivity index is 3.52. The van der Waals surface area contributed by atoms with Crippen LogP contribution in [0.4, 0.5) is 0 Å². The number of ether oxygens (including phenoxy) is 3. The molecule has 7 nitrogen and oxygen atoms in total. The molecule has 0 aliphatic carbocycles. The maximum atomic E-state index is 12.9. The average molecular weight is 561 g/mol. The Morgan fingerprint density at radius 3 is 2.03 bits per heavy atom. The highest BCUT2D eigenvalue weighted by molar-refractivity contribution is 8.17. The summed E-state index contributed by atoms with van der Waals surface area (Å²) in [5.41, 5.74) is 0.888. The molecule has 0 aliphatic rings. The van der Waals surface area contributed by atoms with Crippen LogP contribution in [0.5, 0.6) is 0 Å². The van der Waals surface area contributed by atoms with Gasteiger partial charge in [-0.3, -0.25) is 4.79 Å². The second-order valence-electron chi connectivity index (χ2n) is 9.93. The van der Waals surface area contributed by atoms with Crippen molar-refractivity contribution in [2.75, 3.05) is 18.6 Å². The maximum Gasteiger partial charge on any atom is 0.336 e. The van der Waals surface area contributed by atoms with Crippen LogP contribution in [0.2, 0.25) is 18.1 Å². The van der Waals surface area contributed by atoms with Gasteiger partial charge in [-0.25, -0.2) is 4.79 Å². The summed E-state index contributed by atoms with van der Waals surface area (Å²) in [4.78, 5) is 25.1. The number of aliphatic hydroxyl groups excluding tert-OH is 1. The van der Waals surface area contributed by atoms with Crippen LogP contribution in [0.15, 0.2) is 30.3 Å². The summed E-state index contributed by atoms with van der Waals surface area (Å²) in [6.45, 7) is 15.7. The van der Waals surface area contributed by atoms with Crippen LogP contribution < -0.4 is 0 Å². The lowest BCUT2D eigenvalue weighted by molar-refractivity contribution is -0.179. The van der Waals surface area contributed by atoms with Gasteiger partial charge < -0.3 is 23.7 Å². The van der Waals surface area contributed by atoms with Gasteiger partial charge >= 0.3 is 11.9 Å². The van der Waals surface area contributed by atoms with Crippen LogP contribution in [0, 0.1) is 0 Å². The van der Waals surface area contributed by atoms with Gasteiger partial charge in [0.2, 0.25) is 0 Å². The quantitative estimate of drug-likeness (QED) is 0.175. The number of thioether (sulfide) groups is 2. The molecular weight excluding hydrogens is 516 g/mol. The highest BCUT2D eigenvalue weighted by atomic mass is 32.2. The van der Waals surface area contributed by atoms with E-state index in [0.29, 0.717) is 0 Å². The minimum absolute atomic E-state index is 0.161. The summed E-state index contributed by atoms with van der Waals surface area (Å²) in [7, 11) is -1.23. The first-order chi connectivity index (χ1) is 16.8. The average Bonchev–Trinajstić information content (AvgIpc) is 2.80. The fourth-order valence-corrected chi connectivity index (χ4v) is 7.11. The fraction of sp³-hybridized carbons (Fsp3) is 0.692. The van der Waals surface area contributed by atoms with Crippen molar-refractivity contribution in [1.29, 1.82) is 0 Å². The molecule has 0 fully saturated rings. The molecule has 1 N–H and O–H groups in total.